The highest BCUT2D eigenvalue weighted by Crippen LogP contribution is 2.24. The molecule has 0 N–H and O–H groups in total. The second-order valence-corrected chi connectivity index (χ2v) is 3.34. The average Bonchev–Trinajstić information content (AvgIpc) is 2.61. The van der Waals surface area contributed by atoms with Gasteiger partial charge in [-0.2, -0.15) is 4.99 Å². The van der Waals surface area contributed by atoms with Crippen LogP contribution in [0.1, 0.15) is 12.8 Å². The predicted molar refractivity (Wildman–Crippen MR) is 56.0 cm³/mol. The zero-order valence-electron chi connectivity index (χ0n) is 8.34. The standard InChI is InChI=1S/C11H8N2O3/c14-7-12-8-1-3-9(4-2-8)13-10(15)5-6-11(13)16/h1-4H,5-6H2. The minimum absolute atomic E-state index is 0.198. The molecule has 0 unspecified atom stereocenters. The fourth-order valence-corrected chi connectivity index (χ4v) is 1.59. The van der Waals surface area contributed by atoms with E-state index in [1.54, 1.807) is 24.3 Å². The lowest BCUT2D eigenvalue weighted by molar-refractivity contribution is -0.121. The van der Waals surface area contributed by atoms with Gasteiger partial charge in [-0.1, -0.05) is 0 Å². The third-order valence-electron chi connectivity index (χ3n) is 2.33. The van der Waals surface area contributed by atoms with Gasteiger partial charge in [-0.25, -0.2) is 4.79 Å². The molecular formula is C11H8N2O3. The van der Waals surface area contributed by atoms with Gasteiger partial charge in [0.25, 0.3) is 0 Å². The van der Waals surface area contributed by atoms with E-state index in [-0.39, 0.29) is 24.7 Å². The van der Waals surface area contributed by atoms with Crippen LogP contribution in [-0.4, -0.2) is 17.9 Å². The number of carbonyl (C=O) groups is 2. The molecule has 0 saturated carbocycles. The van der Waals surface area contributed by atoms with Gasteiger partial charge in [0.05, 0.1) is 11.4 Å². The van der Waals surface area contributed by atoms with E-state index in [9.17, 15) is 14.4 Å². The number of hydrogen-bond acceptors (Lipinski definition) is 4. The van der Waals surface area contributed by atoms with Crippen molar-refractivity contribution in [3.8, 4) is 0 Å². The molecular weight excluding hydrogens is 208 g/mol. The summed E-state index contributed by atoms with van der Waals surface area (Å²) in [6.45, 7) is 0. The van der Waals surface area contributed by atoms with Crippen LogP contribution in [0.4, 0.5) is 11.4 Å². The Morgan fingerprint density at radius 1 is 1.06 bits per heavy atom. The van der Waals surface area contributed by atoms with Crippen molar-refractivity contribution >= 4 is 29.3 Å². The second kappa shape index (κ2) is 4.08. The number of isocyanates is 1. The number of rotatable bonds is 2. The van der Waals surface area contributed by atoms with E-state index in [4.69, 9.17) is 0 Å². The quantitative estimate of drug-likeness (QED) is 0.425. The molecule has 0 aliphatic carbocycles. The van der Waals surface area contributed by atoms with Gasteiger partial charge >= 0.3 is 0 Å². The molecule has 1 aliphatic heterocycles. The number of benzene rings is 1. The number of hydrogen-bond donors (Lipinski definition) is 0. The van der Waals surface area contributed by atoms with E-state index in [2.05, 4.69) is 4.99 Å². The average molecular weight is 216 g/mol. The lowest BCUT2D eigenvalue weighted by atomic mass is 10.2. The first-order valence-corrected chi connectivity index (χ1v) is 4.76. The van der Waals surface area contributed by atoms with Crippen LogP contribution in [0.15, 0.2) is 29.3 Å². The van der Waals surface area contributed by atoms with Gasteiger partial charge in [0, 0.05) is 12.8 Å². The molecule has 1 heterocycles. The zero-order chi connectivity index (χ0) is 11.5. The summed E-state index contributed by atoms with van der Waals surface area (Å²) in [7, 11) is 0. The van der Waals surface area contributed by atoms with Crippen LogP contribution >= 0.6 is 0 Å². The molecule has 5 heteroatoms. The summed E-state index contributed by atoms with van der Waals surface area (Å²) < 4.78 is 0. The number of carbonyl (C=O) groups excluding carboxylic acids is 3. The van der Waals surface area contributed by atoms with Gasteiger partial charge in [0.2, 0.25) is 17.9 Å². The molecule has 5 nitrogen and oxygen atoms in total. The predicted octanol–water partition coefficient (Wildman–Crippen LogP) is 1.31. The van der Waals surface area contributed by atoms with Crippen molar-refractivity contribution in [2.24, 2.45) is 4.99 Å². The Morgan fingerprint density at radius 3 is 2.12 bits per heavy atom. The SMILES string of the molecule is O=C=Nc1ccc(N2C(=O)CCC2=O)cc1. The molecule has 2 rings (SSSR count). The van der Waals surface area contributed by atoms with Crippen molar-refractivity contribution in [3.63, 3.8) is 0 Å². The maximum atomic E-state index is 11.4. The van der Waals surface area contributed by atoms with Crippen LogP contribution in [-0.2, 0) is 14.4 Å². The molecule has 1 saturated heterocycles. The summed E-state index contributed by atoms with van der Waals surface area (Å²) in [5, 5.41) is 0. The Morgan fingerprint density at radius 2 is 1.62 bits per heavy atom. The number of anilines is 1. The highest BCUT2D eigenvalue weighted by Gasteiger charge is 2.29. The van der Waals surface area contributed by atoms with Crippen molar-refractivity contribution in [1.29, 1.82) is 0 Å². The first-order valence-electron chi connectivity index (χ1n) is 4.76. The Balaban J connectivity index is 2.31. The Bertz CT molecular complexity index is 470. The topological polar surface area (TPSA) is 66.8 Å². The lowest BCUT2D eigenvalue weighted by Crippen LogP contribution is -2.28. The van der Waals surface area contributed by atoms with E-state index in [0.717, 1.165) is 4.90 Å². The third kappa shape index (κ3) is 1.76. The van der Waals surface area contributed by atoms with Gasteiger partial charge in [-0.3, -0.25) is 14.5 Å². The molecule has 0 aromatic heterocycles. The minimum Gasteiger partial charge on any atom is -0.274 e. The highest BCUT2D eigenvalue weighted by molar-refractivity contribution is 6.19. The van der Waals surface area contributed by atoms with Gasteiger partial charge in [-0.05, 0) is 24.3 Å². The lowest BCUT2D eigenvalue weighted by Gasteiger charge is -2.13. The van der Waals surface area contributed by atoms with Crippen LogP contribution in [0.3, 0.4) is 0 Å². The van der Waals surface area contributed by atoms with Crippen molar-refractivity contribution in [1.82, 2.24) is 0 Å². The summed E-state index contributed by atoms with van der Waals surface area (Å²) in [5.74, 6) is -0.395. The Kier molecular flexibility index (Phi) is 2.62. The van der Waals surface area contributed by atoms with Crippen molar-refractivity contribution < 1.29 is 14.4 Å². The molecule has 0 spiro atoms. The number of nitrogens with zero attached hydrogens (tertiary/aromatic N) is 2. The normalized spacial score (nSPS) is 15.1. The smallest absolute Gasteiger partial charge is 0.240 e. The molecule has 1 aromatic carbocycles. The summed E-state index contributed by atoms with van der Waals surface area (Å²) in [5.41, 5.74) is 0.954. The monoisotopic (exact) mass is 216 g/mol. The summed E-state index contributed by atoms with van der Waals surface area (Å²) >= 11 is 0. The van der Waals surface area contributed by atoms with E-state index in [1.807, 2.05) is 0 Å². The van der Waals surface area contributed by atoms with Gasteiger partial charge in [0.15, 0.2) is 0 Å². The Hall–Kier alpha value is -2.26. The number of aliphatic imine (C=N–C) groups is 1. The van der Waals surface area contributed by atoms with Gasteiger partial charge in [-0.15, -0.1) is 0 Å². The fourth-order valence-electron chi connectivity index (χ4n) is 1.59. The van der Waals surface area contributed by atoms with Crippen molar-refractivity contribution in [3.05, 3.63) is 24.3 Å². The molecule has 1 aromatic rings. The summed E-state index contributed by atoms with van der Waals surface area (Å²) in [4.78, 5) is 37.4. The third-order valence-corrected chi connectivity index (χ3v) is 2.33. The van der Waals surface area contributed by atoms with Crippen molar-refractivity contribution in [2.75, 3.05) is 4.90 Å². The van der Waals surface area contributed by atoms with E-state index >= 15 is 0 Å². The molecule has 0 bridgehead atoms. The maximum Gasteiger partial charge on any atom is 0.240 e. The minimum atomic E-state index is -0.198. The van der Waals surface area contributed by atoms with Crippen molar-refractivity contribution in [2.45, 2.75) is 12.8 Å². The summed E-state index contributed by atoms with van der Waals surface area (Å²) in [6, 6.07) is 6.27. The molecule has 2 amide bonds. The highest BCUT2D eigenvalue weighted by atomic mass is 16.2. The zero-order valence-corrected chi connectivity index (χ0v) is 8.34. The molecule has 0 radical (unpaired) electrons. The first kappa shape index (κ1) is 10.3. The maximum absolute atomic E-state index is 11.4. The van der Waals surface area contributed by atoms with Crippen LogP contribution < -0.4 is 4.90 Å². The van der Waals surface area contributed by atoms with Crippen LogP contribution in [0.2, 0.25) is 0 Å². The van der Waals surface area contributed by atoms with E-state index in [0.29, 0.717) is 11.4 Å². The van der Waals surface area contributed by atoms with Crippen LogP contribution in [0.5, 0.6) is 0 Å². The van der Waals surface area contributed by atoms with Crippen LogP contribution in [0, 0.1) is 0 Å². The number of imide groups is 1. The molecule has 16 heavy (non-hydrogen) atoms. The molecule has 80 valence electrons. The van der Waals surface area contributed by atoms with Crippen LogP contribution in [0.25, 0.3) is 0 Å². The van der Waals surface area contributed by atoms with E-state index in [1.165, 1.54) is 6.08 Å². The van der Waals surface area contributed by atoms with Gasteiger partial charge < -0.3 is 0 Å². The molecule has 0 atom stereocenters. The molecule has 1 aliphatic rings. The largest absolute Gasteiger partial charge is 0.274 e. The fraction of sp³-hybridized carbons (Fsp3) is 0.182. The Labute approximate surface area is 91.4 Å². The first-order chi connectivity index (χ1) is 7.72. The van der Waals surface area contributed by atoms with Gasteiger partial charge in [0.1, 0.15) is 0 Å². The number of amides is 2. The summed E-state index contributed by atoms with van der Waals surface area (Å²) in [6.07, 6.45) is 1.93. The van der Waals surface area contributed by atoms with E-state index < -0.39 is 0 Å². The molecule has 1 fully saturated rings. The second-order valence-electron chi connectivity index (χ2n) is 3.34.